The van der Waals surface area contributed by atoms with Crippen molar-refractivity contribution in [1.82, 2.24) is 0 Å². The fourth-order valence-corrected chi connectivity index (χ4v) is 2.25. The Morgan fingerprint density at radius 1 is 1.20 bits per heavy atom. The Morgan fingerprint density at radius 2 is 1.87 bits per heavy atom. The van der Waals surface area contributed by atoms with Gasteiger partial charge in [-0.2, -0.15) is 0 Å². The van der Waals surface area contributed by atoms with Crippen LogP contribution in [0.4, 0.5) is 0 Å². The first-order valence-electron chi connectivity index (χ1n) is 5.66. The smallest absolute Gasteiger partial charge is 0.0324 e. The fourth-order valence-electron chi connectivity index (χ4n) is 2.25. The quantitative estimate of drug-likeness (QED) is 0.774. The number of benzene rings is 1. The predicted molar refractivity (Wildman–Crippen MR) is 63.5 cm³/mol. The zero-order valence-corrected chi connectivity index (χ0v) is 9.53. The summed E-state index contributed by atoms with van der Waals surface area (Å²) in [5, 5.41) is 0. The lowest BCUT2D eigenvalue weighted by Gasteiger charge is -2.37. The number of aryl methyl sites for hydroxylation is 2. The topological polar surface area (TPSA) is 52.0 Å². The van der Waals surface area contributed by atoms with E-state index in [2.05, 4.69) is 32.0 Å². The van der Waals surface area contributed by atoms with E-state index < -0.39 is 0 Å². The lowest BCUT2D eigenvalue weighted by Crippen LogP contribution is -2.41. The summed E-state index contributed by atoms with van der Waals surface area (Å²) in [5.41, 5.74) is 15.9. The summed E-state index contributed by atoms with van der Waals surface area (Å²) in [6.45, 7) is 4.27. The maximum Gasteiger partial charge on any atom is 0.0324 e. The third kappa shape index (κ3) is 2.06. The van der Waals surface area contributed by atoms with E-state index in [1.807, 2.05) is 0 Å². The highest BCUT2D eigenvalue weighted by Crippen LogP contribution is 2.35. The first-order valence-corrected chi connectivity index (χ1v) is 5.66. The molecule has 0 bridgehead atoms. The van der Waals surface area contributed by atoms with Gasteiger partial charge in [0.15, 0.2) is 0 Å². The Bertz CT molecular complexity index is 354. The summed E-state index contributed by atoms with van der Waals surface area (Å²) in [6, 6.07) is 7.07. The number of rotatable bonds is 2. The highest BCUT2D eigenvalue weighted by molar-refractivity contribution is 5.32. The monoisotopic (exact) mass is 204 g/mol. The van der Waals surface area contributed by atoms with Gasteiger partial charge in [-0.25, -0.2) is 0 Å². The van der Waals surface area contributed by atoms with E-state index in [0.717, 1.165) is 12.8 Å². The molecule has 2 nitrogen and oxygen atoms in total. The minimum Gasteiger partial charge on any atom is -0.328 e. The van der Waals surface area contributed by atoms with Crippen molar-refractivity contribution in [3.8, 4) is 0 Å². The van der Waals surface area contributed by atoms with Crippen LogP contribution in [0.5, 0.6) is 0 Å². The fraction of sp³-hybridized carbons (Fsp3) is 0.538. The van der Waals surface area contributed by atoms with Gasteiger partial charge in [-0.15, -0.1) is 0 Å². The minimum absolute atomic E-state index is 0.170. The van der Waals surface area contributed by atoms with Crippen LogP contribution in [0.1, 0.15) is 35.6 Å². The molecular weight excluding hydrogens is 184 g/mol. The largest absolute Gasteiger partial charge is 0.328 e. The molecule has 0 spiro atoms. The van der Waals surface area contributed by atoms with E-state index in [1.54, 1.807) is 0 Å². The standard InChI is InChI=1S/C13H20N2/c1-8-3-4-10(5-9(8)2)13(15)11-6-12(14)7-11/h3-5,11-13H,6-7,14-15H2,1-2H3. The van der Waals surface area contributed by atoms with Crippen LogP contribution in [0.2, 0.25) is 0 Å². The van der Waals surface area contributed by atoms with Crippen LogP contribution in [-0.4, -0.2) is 6.04 Å². The number of nitrogens with two attached hydrogens (primary N) is 2. The minimum atomic E-state index is 0.170. The van der Waals surface area contributed by atoms with Crippen LogP contribution in [0, 0.1) is 19.8 Å². The average Bonchev–Trinajstić information content (AvgIpc) is 2.16. The summed E-state index contributed by atoms with van der Waals surface area (Å²) >= 11 is 0. The molecular formula is C13H20N2. The van der Waals surface area contributed by atoms with Crippen LogP contribution in [0.25, 0.3) is 0 Å². The van der Waals surface area contributed by atoms with Crippen LogP contribution < -0.4 is 11.5 Å². The normalized spacial score (nSPS) is 27.2. The molecule has 2 heteroatoms. The number of hydrogen-bond donors (Lipinski definition) is 2. The highest BCUT2D eigenvalue weighted by Gasteiger charge is 2.31. The van der Waals surface area contributed by atoms with Crippen molar-refractivity contribution in [2.45, 2.75) is 38.8 Å². The van der Waals surface area contributed by atoms with Gasteiger partial charge in [-0.3, -0.25) is 0 Å². The van der Waals surface area contributed by atoms with E-state index in [9.17, 15) is 0 Å². The maximum atomic E-state index is 6.23. The van der Waals surface area contributed by atoms with Gasteiger partial charge < -0.3 is 11.5 Å². The molecule has 1 aromatic rings. The number of hydrogen-bond acceptors (Lipinski definition) is 2. The zero-order valence-electron chi connectivity index (χ0n) is 9.53. The summed E-state index contributed by atoms with van der Waals surface area (Å²) < 4.78 is 0. The van der Waals surface area contributed by atoms with Crippen molar-refractivity contribution in [1.29, 1.82) is 0 Å². The lowest BCUT2D eigenvalue weighted by molar-refractivity contribution is 0.224. The van der Waals surface area contributed by atoms with E-state index >= 15 is 0 Å². The van der Waals surface area contributed by atoms with Crippen molar-refractivity contribution in [2.75, 3.05) is 0 Å². The molecule has 4 N–H and O–H groups in total. The lowest BCUT2D eigenvalue weighted by atomic mass is 9.74. The second kappa shape index (κ2) is 3.95. The molecule has 0 radical (unpaired) electrons. The van der Waals surface area contributed by atoms with Gasteiger partial charge in [-0.05, 0) is 49.3 Å². The van der Waals surface area contributed by atoms with Gasteiger partial charge in [0, 0.05) is 12.1 Å². The summed E-state index contributed by atoms with van der Waals surface area (Å²) in [7, 11) is 0. The van der Waals surface area contributed by atoms with Gasteiger partial charge in [-0.1, -0.05) is 18.2 Å². The van der Waals surface area contributed by atoms with E-state index in [4.69, 9.17) is 11.5 Å². The molecule has 0 saturated heterocycles. The van der Waals surface area contributed by atoms with Crippen molar-refractivity contribution >= 4 is 0 Å². The molecule has 1 atom stereocenters. The van der Waals surface area contributed by atoms with Crippen molar-refractivity contribution < 1.29 is 0 Å². The van der Waals surface area contributed by atoms with E-state index in [-0.39, 0.29) is 6.04 Å². The predicted octanol–water partition coefficient (Wildman–Crippen LogP) is 2.04. The second-order valence-corrected chi connectivity index (χ2v) is 4.86. The van der Waals surface area contributed by atoms with Gasteiger partial charge in [0.25, 0.3) is 0 Å². The molecule has 1 fully saturated rings. The Kier molecular flexibility index (Phi) is 2.81. The Hall–Kier alpha value is -0.860. The zero-order chi connectivity index (χ0) is 11.0. The average molecular weight is 204 g/mol. The molecule has 1 saturated carbocycles. The molecule has 15 heavy (non-hydrogen) atoms. The molecule has 82 valence electrons. The van der Waals surface area contributed by atoms with E-state index in [1.165, 1.54) is 16.7 Å². The molecule has 2 rings (SSSR count). The summed E-state index contributed by atoms with van der Waals surface area (Å²) in [6.07, 6.45) is 2.15. The van der Waals surface area contributed by atoms with Crippen LogP contribution >= 0.6 is 0 Å². The Balaban J connectivity index is 2.12. The highest BCUT2D eigenvalue weighted by atomic mass is 14.7. The molecule has 0 amide bonds. The van der Waals surface area contributed by atoms with Gasteiger partial charge in [0.2, 0.25) is 0 Å². The van der Waals surface area contributed by atoms with Crippen LogP contribution in [0.3, 0.4) is 0 Å². The van der Waals surface area contributed by atoms with Crippen molar-refractivity contribution in [3.05, 3.63) is 34.9 Å². The molecule has 1 aromatic carbocycles. The van der Waals surface area contributed by atoms with Gasteiger partial charge >= 0.3 is 0 Å². The van der Waals surface area contributed by atoms with E-state index in [0.29, 0.717) is 12.0 Å². The van der Waals surface area contributed by atoms with Crippen molar-refractivity contribution in [3.63, 3.8) is 0 Å². The first-order chi connectivity index (χ1) is 7.08. The second-order valence-electron chi connectivity index (χ2n) is 4.86. The molecule has 0 aromatic heterocycles. The maximum absolute atomic E-state index is 6.23. The molecule has 0 aliphatic heterocycles. The molecule has 0 heterocycles. The molecule has 1 unspecified atom stereocenters. The van der Waals surface area contributed by atoms with Crippen LogP contribution in [0.15, 0.2) is 18.2 Å². The molecule has 1 aliphatic carbocycles. The van der Waals surface area contributed by atoms with Gasteiger partial charge in [0.1, 0.15) is 0 Å². The molecule has 1 aliphatic rings. The van der Waals surface area contributed by atoms with Crippen LogP contribution in [-0.2, 0) is 0 Å². The third-order valence-electron chi connectivity index (χ3n) is 3.63. The Labute approximate surface area is 91.7 Å². The summed E-state index contributed by atoms with van der Waals surface area (Å²) in [4.78, 5) is 0. The first kappa shape index (κ1) is 10.7. The SMILES string of the molecule is Cc1ccc(C(N)C2CC(N)C2)cc1C. The third-order valence-corrected chi connectivity index (χ3v) is 3.63. The van der Waals surface area contributed by atoms with Crippen molar-refractivity contribution in [2.24, 2.45) is 17.4 Å². The summed E-state index contributed by atoms with van der Waals surface area (Å²) in [5.74, 6) is 0.585. The van der Waals surface area contributed by atoms with Gasteiger partial charge in [0.05, 0.1) is 0 Å². The Morgan fingerprint density at radius 3 is 2.40 bits per heavy atom.